The Balaban J connectivity index is 1.82. The predicted octanol–water partition coefficient (Wildman–Crippen LogP) is 2.96. The van der Waals surface area contributed by atoms with Crippen molar-refractivity contribution in [2.45, 2.75) is 46.1 Å². The topological polar surface area (TPSA) is 60.2 Å². The molecule has 0 aliphatic heterocycles. The molecule has 1 aromatic rings. The summed E-state index contributed by atoms with van der Waals surface area (Å²) >= 11 is 0. The Morgan fingerprint density at radius 1 is 1.42 bits per heavy atom. The maximum absolute atomic E-state index is 6.25. The number of ether oxygens (including phenoxy) is 1. The number of hydrogen-bond acceptors (Lipinski definition) is 4. The van der Waals surface area contributed by atoms with Crippen LogP contribution in [0.15, 0.2) is 18.3 Å². The van der Waals surface area contributed by atoms with Gasteiger partial charge in [-0.1, -0.05) is 20.8 Å². The zero-order valence-electron chi connectivity index (χ0n) is 11.9. The molecule has 2 bridgehead atoms. The fourth-order valence-corrected chi connectivity index (χ4v) is 4.04. The van der Waals surface area contributed by atoms with Crippen LogP contribution in [0.3, 0.4) is 0 Å². The maximum Gasteiger partial charge on any atom is 0.143 e. The van der Waals surface area contributed by atoms with Crippen LogP contribution < -0.4 is 16.0 Å². The van der Waals surface area contributed by atoms with Crippen LogP contribution in [-0.2, 0) is 0 Å². The number of anilines is 1. The SMILES string of the molecule is CC1(C)C2CCC1(C)C(Oc1ccnc(NN)c1)C2. The van der Waals surface area contributed by atoms with Crippen LogP contribution in [-0.4, -0.2) is 11.1 Å². The molecule has 0 radical (unpaired) electrons. The van der Waals surface area contributed by atoms with Crippen LogP contribution in [0.2, 0.25) is 0 Å². The van der Waals surface area contributed by atoms with E-state index in [1.165, 1.54) is 12.8 Å². The van der Waals surface area contributed by atoms with Crippen LogP contribution in [0, 0.1) is 16.7 Å². The molecule has 0 spiro atoms. The van der Waals surface area contributed by atoms with Gasteiger partial charge in [-0.3, -0.25) is 0 Å². The number of rotatable bonds is 3. The number of nitrogens with two attached hydrogens (primary N) is 1. The molecule has 1 aromatic heterocycles. The Bertz CT molecular complexity index is 488. The summed E-state index contributed by atoms with van der Waals surface area (Å²) in [6.07, 6.45) is 5.80. The van der Waals surface area contributed by atoms with Gasteiger partial charge in [0.2, 0.25) is 0 Å². The van der Waals surface area contributed by atoms with E-state index in [1.807, 2.05) is 12.1 Å². The molecule has 104 valence electrons. The molecule has 2 aliphatic carbocycles. The van der Waals surface area contributed by atoms with Gasteiger partial charge in [0, 0.05) is 17.7 Å². The smallest absolute Gasteiger partial charge is 0.143 e. The second-order valence-electron chi connectivity index (χ2n) is 6.74. The summed E-state index contributed by atoms with van der Waals surface area (Å²) in [7, 11) is 0. The molecule has 0 amide bonds. The minimum Gasteiger partial charge on any atom is -0.490 e. The summed E-state index contributed by atoms with van der Waals surface area (Å²) < 4.78 is 6.25. The lowest BCUT2D eigenvalue weighted by atomic mass is 9.70. The van der Waals surface area contributed by atoms with Crippen molar-refractivity contribution >= 4 is 5.82 Å². The Kier molecular flexibility index (Phi) is 2.75. The minimum atomic E-state index is 0.275. The monoisotopic (exact) mass is 261 g/mol. The molecule has 2 saturated carbocycles. The number of fused-ring (bicyclic) bond motifs is 2. The van der Waals surface area contributed by atoms with Crippen LogP contribution >= 0.6 is 0 Å². The van der Waals surface area contributed by atoms with E-state index in [1.54, 1.807) is 6.20 Å². The molecule has 0 saturated heterocycles. The van der Waals surface area contributed by atoms with Gasteiger partial charge in [0.25, 0.3) is 0 Å². The van der Waals surface area contributed by atoms with Crippen molar-refractivity contribution in [2.24, 2.45) is 22.6 Å². The van der Waals surface area contributed by atoms with Crippen LogP contribution in [0.4, 0.5) is 5.82 Å². The molecule has 3 atom stereocenters. The fraction of sp³-hybridized carbons (Fsp3) is 0.667. The Hall–Kier alpha value is -1.29. The average Bonchev–Trinajstić information content (AvgIpc) is 2.72. The molecule has 2 fully saturated rings. The number of hydrogen-bond donors (Lipinski definition) is 2. The Morgan fingerprint density at radius 2 is 2.21 bits per heavy atom. The van der Waals surface area contributed by atoms with Gasteiger partial charge in [-0.15, -0.1) is 0 Å². The highest BCUT2D eigenvalue weighted by Crippen LogP contribution is 2.66. The third kappa shape index (κ3) is 1.73. The average molecular weight is 261 g/mol. The van der Waals surface area contributed by atoms with Gasteiger partial charge in [-0.05, 0) is 36.7 Å². The standard InChI is InChI=1S/C15H23N3O/c1-14(2)10-4-6-15(14,3)12(8-10)19-11-5-7-17-13(9-11)18-16/h5,7,9-10,12H,4,6,8,16H2,1-3H3,(H,17,18). The Labute approximate surface area is 114 Å². The number of nitrogen functional groups attached to an aromatic ring is 1. The molecule has 0 aromatic carbocycles. The first-order valence-corrected chi connectivity index (χ1v) is 7.07. The number of nitrogens with one attached hydrogen (secondary N) is 1. The van der Waals surface area contributed by atoms with Crippen molar-refractivity contribution in [3.05, 3.63) is 18.3 Å². The highest BCUT2D eigenvalue weighted by molar-refractivity contribution is 5.39. The van der Waals surface area contributed by atoms with E-state index in [-0.39, 0.29) is 5.41 Å². The maximum atomic E-state index is 6.25. The molecular formula is C15H23N3O. The first-order valence-electron chi connectivity index (χ1n) is 7.07. The summed E-state index contributed by atoms with van der Waals surface area (Å²) in [5.74, 6) is 7.68. The van der Waals surface area contributed by atoms with E-state index >= 15 is 0 Å². The lowest BCUT2D eigenvalue weighted by molar-refractivity contribution is 0.0301. The molecular weight excluding hydrogens is 238 g/mol. The normalized spacial score (nSPS) is 35.4. The van der Waals surface area contributed by atoms with Crippen LogP contribution in [0.5, 0.6) is 5.75 Å². The molecule has 3 rings (SSSR count). The highest BCUT2D eigenvalue weighted by Gasteiger charge is 2.62. The Morgan fingerprint density at radius 3 is 2.79 bits per heavy atom. The first-order chi connectivity index (χ1) is 8.97. The third-order valence-electron chi connectivity index (χ3n) is 5.87. The lowest BCUT2D eigenvalue weighted by Crippen LogP contribution is -2.38. The second-order valence-corrected chi connectivity index (χ2v) is 6.74. The van der Waals surface area contributed by atoms with Crippen molar-refractivity contribution < 1.29 is 4.74 Å². The number of hydrazine groups is 1. The van der Waals surface area contributed by atoms with Gasteiger partial charge in [0.1, 0.15) is 17.7 Å². The van der Waals surface area contributed by atoms with Gasteiger partial charge in [-0.25, -0.2) is 10.8 Å². The molecule has 3 unspecified atom stereocenters. The predicted molar refractivity (Wildman–Crippen MR) is 75.7 cm³/mol. The molecule has 4 nitrogen and oxygen atoms in total. The van der Waals surface area contributed by atoms with Gasteiger partial charge >= 0.3 is 0 Å². The van der Waals surface area contributed by atoms with Crippen molar-refractivity contribution in [2.75, 3.05) is 5.43 Å². The summed E-state index contributed by atoms with van der Waals surface area (Å²) in [4.78, 5) is 4.11. The first kappa shape index (κ1) is 12.7. The van der Waals surface area contributed by atoms with Gasteiger partial charge < -0.3 is 10.2 Å². The second kappa shape index (κ2) is 4.10. The molecule has 3 N–H and O–H groups in total. The van der Waals surface area contributed by atoms with Crippen LogP contribution in [0.25, 0.3) is 0 Å². The van der Waals surface area contributed by atoms with Crippen molar-refractivity contribution in [3.63, 3.8) is 0 Å². The highest BCUT2D eigenvalue weighted by atomic mass is 16.5. The lowest BCUT2D eigenvalue weighted by Gasteiger charge is -2.38. The van der Waals surface area contributed by atoms with Crippen molar-refractivity contribution in [1.29, 1.82) is 0 Å². The summed E-state index contributed by atoms with van der Waals surface area (Å²) in [6.45, 7) is 7.18. The van der Waals surface area contributed by atoms with E-state index in [9.17, 15) is 0 Å². The summed E-state index contributed by atoms with van der Waals surface area (Å²) in [6, 6.07) is 3.77. The molecule has 4 heteroatoms. The molecule has 1 heterocycles. The van der Waals surface area contributed by atoms with Crippen LogP contribution in [0.1, 0.15) is 40.0 Å². The van der Waals surface area contributed by atoms with E-state index in [0.29, 0.717) is 17.3 Å². The van der Waals surface area contributed by atoms with Gasteiger partial charge in [0.15, 0.2) is 0 Å². The fourth-order valence-electron chi connectivity index (χ4n) is 4.04. The van der Waals surface area contributed by atoms with Crippen molar-refractivity contribution in [3.8, 4) is 5.75 Å². The van der Waals surface area contributed by atoms with E-state index in [2.05, 4.69) is 31.2 Å². The minimum absolute atomic E-state index is 0.275. The van der Waals surface area contributed by atoms with E-state index < -0.39 is 0 Å². The third-order valence-corrected chi connectivity index (χ3v) is 5.87. The molecule has 19 heavy (non-hydrogen) atoms. The number of pyridine rings is 1. The quantitative estimate of drug-likeness (QED) is 0.648. The largest absolute Gasteiger partial charge is 0.490 e. The zero-order chi connectivity index (χ0) is 13.7. The van der Waals surface area contributed by atoms with Gasteiger partial charge in [-0.2, -0.15) is 0 Å². The number of nitrogens with zero attached hydrogens (tertiary/aromatic N) is 1. The summed E-state index contributed by atoms with van der Waals surface area (Å²) in [5.41, 5.74) is 3.21. The van der Waals surface area contributed by atoms with E-state index in [0.717, 1.165) is 18.1 Å². The van der Waals surface area contributed by atoms with Crippen molar-refractivity contribution in [1.82, 2.24) is 4.98 Å². The zero-order valence-corrected chi connectivity index (χ0v) is 11.9. The molecule has 2 aliphatic rings. The number of aromatic nitrogens is 1. The summed E-state index contributed by atoms with van der Waals surface area (Å²) in [5, 5.41) is 0. The van der Waals surface area contributed by atoms with E-state index in [4.69, 9.17) is 10.6 Å². The van der Waals surface area contributed by atoms with Gasteiger partial charge in [0.05, 0.1) is 0 Å².